The SMILES string of the molecule is N#C/C(=C\c1ccc2c(c1)OCCO2)C(=O)c1cccs1. The van der Waals surface area contributed by atoms with Crippen molar-refractivity contribution in [3.8, 4) is 17.6 Å². The lowest BCUT2D eigenvalue weighted by molar-refractivity contribution is 0.104. The minimum Gasteiger partial charge on any atom is -0.486 e. The minimum absolute atomic E-state index is 0.106. The molecule has 0 saturated carbocycles. The van der Waals surface area contributed by atoms with Crippen molar-refractivity contribution >= 4 is 23.2 Å². The Kier molecular flexibility index (Phi) is 3.71. The third-order valence-corrected chi connectivity index (χ3v) is 3.86. The topological polar surface area (TPSA) is 59.3 Å². The molecule has 0 N–H and O–H groups in total. The molecule has 1 aromatic heterocycles. The number of fused-ring (bicyclic) bond motifs is 1. The molecule has 0 saturated heterocycles. The number of thiophene rings is 1. The summed E-state index contributed by atoms with van der Waals surface area (Å²) in [4.78, 5) is 12.7. The van der Waals surface area contributed by atoms with Gasteiger partial charge in [-0.3, -0.25) is 4.79 Å². The lowest BCUT2D eigenvalue weighted by atomic mass is 10.1. The van der Waals surface area contributed by atoms with Crippen molar-refractivity contribution in [3.63, 3.8) is 0 Å². The van der Waals surface area contributed by atoms with E-state index >= 15 is 0 Å². The molecule has 104 valence electrons. The van der Waals surface area contributed by atoms with Gasteiger partial charge in [0.05, 0.1) is 4.88 Å². The first-order valence-electron chi connectivity index (χ1n) is 6.37. The standard InChI is InChI=1S/C16H11NO3S/c17-10-12(16(18)15-2-1-7-21-15)8-11-3-4-13-14(9-11)20-6-5-19-13/h1-4,7-9H,5-6H2/b12-8+. The van der Waals surface area contributed by atoms with Crippen LogP contribution in [-0.2, 0) is 0 Å². The maximum atomic E-state index is 12.2. The fourth-order valence-electron chi connectivity index (χ4n) is 2.01. The molecule has 21 heavy (non-hydrogen) atoms. The smallest absolute Gasteiger partial charge is 0.213 e. The van der Waals surface area contributed by atoms with Crippen LogP contribution in [0.1, 0.15) is 15.2 Å². The zero-order valence-electron chi connectivity index (χ0n) is 11.0. The normalized spacial score (nSPS) is 13.6. The second-order valence-electron chi connectivity index (χ2n) is 4.38. The van der Waals surface area contributed by atoms with Gasteiger partial charge in [0.25, 0.3) is 0 Å². The van der Waals surface area contributed by atoms with Crippen LogP contribution in [0.25, 0.3) is 6.08 Å². The summed E-state index contributed by atoms with van der Waals surface area (Å²) in [6.07, 6.45) is 1.57. The highest BCUT2D eigenvalue weighted by molar-refractivity contribution is 7.12. The lowest BCUT2D eigenvalue weighted by Crippen LogP contribution is -2.15. The molecule has 4 nitrogen and oxygen atoms in total. The van der Waals surface area contributed by atoms with E-state index in [-0.39, 0.29) is 11.4 Å². The van der Waals surface area contributed by atoms with Crippen LogP contribution in [-0.4, -0.2) is 19.0 Å². The maximum Gasteiger partial charge on any atom is 0.213 e. The number of carbonyl (C=O) groups is 1. The Balaban J connectivity index is 1.92. The molecule has 2 aromatic rings. The molecule has 1 aliphatic rings. The first kappa shape index (κ1) is 13.4. The van der Waals surface area contributed by atoms with Gasteiger partial charge in [0.2, 0.25) is 5.78 Å². The summed E-state index contributed by atoms with van der Waals surface area (Å²) in [5.41, 5.74) is 0.842. The fourth-order valence-corrected chi connectivity index (χ4v) is 2.68. The van der Waals surface area contributed by atoms with Crippen LogP contribution in [0.3, 0.4) is 0 Å². The average Bonchev–Trinajstić information content (AvgIpc) is 3.06. The predicted molar refractivity (Wildman–Crippen MR) is 79.7 cm³/mol. The van der Waals surface area contributed by atoms with Crippen molar-refractivity contribution in [2.24, 2.45) is 0 Å². The third-order valence-electron chi connectivity index (χ3n) is 2.99. The molecule has 0 bridgehead atoms. The Morgan fingerprint density at radius 3 is 2.76 bits per heavy atom. The van der Waals surface area contributed by atoms with Crippen LogP contribution in [0, 0.1) is 11.3 Å². The van der Waals surface area contributed by atoms with Crippen LogP contribution < -0.4 is 9.47 Å². The summed E-state index contributed by atoms with van der Waals surface area (Å²) in [6.45, 7) is 1.03. The fraction of sp³-hybridized carbons (Fsp3) is 0.125. The molecule has 0 amide bonds. The zero-order valence-corrected chi connectivity index (χ0v) is 11.9. The monoisotopic (exact) mass is 297 g/mol. The van der Waals surface area contributed by atoms with E-state index in [0.717, 1.165) is 5.56 Å². The van der Waals surface area contributed by atoms with Crippen molar-refractivity contribution < 1.29 is 14.3 Å². The van der Waals surface area contributed by atoms with Gasteiger partial charge in [-0.1, -0.05) is 12.1 Å². The highest BCUT2D eigenvalue weighted by Crippen LogP contribution is 2.31. The number of hydrogen-bond acceptors (Lipinski definition) is 5. The van der Waals surface area contributed by atoms with Crippen LogP contribution in [0.4, 0.5) is 0 Å². The molecule has 0 radical (unpaired) electrons. The number of ether oxygens (including phenoxy) is 2. The van der Waals surface area contributed by atoms with Gasteiger partial charge in [-0.25, -0.2) is 0 Å². The van der Waals surface area contributed by atoms with Crippen LogP contribution in [0.2, 0.25) is 0 Å². The summed E-state index contributed by atoms with van der Waals surface area (Å²) in [5.74, 6) is 1.06. The van der Waals surface area contributed by atoms with E-state index in [1.54, 1.807) is 36.4 Å². The first-order chi connectivity index (χ1) is 10.3. The van der Waals surface area contributed by atoms with Crippen LogP contribution in [0.5, 0.6) is 11.5 Å². The summed E-state index contributed by atoms with van der Waals surface area (Å²) >= 11 is 1.32. The summed E-state index contributed by atoms with van der Waals surface area (Å²) in [7, 11) is 0. The number of nitrogens with zero attached hydrogens (tertiary/aromatic N) is 1. The molecule has 5 heteroatoms. The van der Waals surface area contributed by atoms with E-state index in [0.29, 0.717) is 29.6 Å². The van der Waals surface area contributed by atoms with E-state index in [1.165, 1.54) is 11.3 Å². The van der Waals surface area contributed by atoms with Gasteiger partial charge >= 0.3 is 0 Å². The third kappa shape index (κ3) is 2.81. The largest absolute Gasteiger partial charge is 0.486 e. The molecule has 2 heterocycles. The van der Waals surface area contributed by atoms with E-state index in [2.05, 4.69) is 0 Å². The molecule has 1 aromatic carbocycles. The molecule has 0 unspecified atom stereocenters. The summed E-state index contributed by atoms with van der Waals surface area (Å²) in [5, 5.41) is 11.0. The number of hydrogen-bond donors (Lipinski definition) is 0. The molecule has 0 spiro atoms. The van der Waals surface area contributed by atoms with Gasteiger partial charge in [-0.2, -0.15) is 5.26 Å². The highest BCUT2D eigenvalue weighted by atomic mass is 32.1. The lowest BCUT2D eigenvalue weighted by Gasteiger charge is -2.18. The average molecular weight is 297 g/mol. The number of Topliss-reactive ketones (excluding diaryl/α,β-unsaturated/α-hetero) is 1. The number of nitriles is 1. The number of ketones is 1. The molecule has 3 rings (SSSR count). The maximum absolute atomic E-state index is 12.2. The van der Waals surface area contributed by atoms with Gasteiger partial charge in [0.1, 0.15) is 24.9 Å². The van der Waals surface area contributed by atoms with E-state index in [1.807, 2.05) is 11.4 Å². The molecule has 0 atom stereocenters. The van der Waals surface area contributed by atoms with E-state index in [9.17, 15) is 10.1 Å². The van der Waals surface area contributed by atoms with Crippen molar-refractivity contribution in [1.29, 1.82) is 5.26 Å². The van der Waals surface area contributed by atoms with Gasteiger partial charge in [-0.15, -0.1) is 11.3 Å². The Labute approximate surface area is 125 Å². The molecular formula is C16H11NO3S. The van der Waals surface area contributed by atoms with Crippen molar-refractivity contribution in [2.75, 3.05) is 13.2 Å². The molecule has 1 aliphatic heterocycles. The Hall–Kier alpha value is -2.58. The van der Waals surface area contributed by atoms with E-state index < -0.39 is 0 Å². The summed E-state index contributed by atoms with van der Waals surface area (Å²) < 4.78 is 10.9. The van der Waals surface area contributed by atoms with Crippen LogP contribution in [0.15, 0.2) is 41.3 Å². The Morgan fingerprint density at radius 1 is 1.24 bits per heavy atom. The number of carbonyl (C=O) groups excluding carboxylic acids is 1. The number of allylic oxidation sites excluding steroid dienone is 1. The van der Waals surface area contributed by atoms with Crippen molar-refractivity contribution in [1.82, 2.24) is 0 Å². The van der Waals surface area contributed by atoms with Gasteiger partial charge in [0.15, 0.2) is 11.5 Å². The molecule has 0 fully saturated rings. The zero-order chi connectivity index (χ0) is 14.7. The van der Waals surface area contributed by atoms with Gasteiger partial charge in [0, 0.05) is 0 Å². The van der Waals surface area contributed by atoms with Crippen molar-refractivity contribution in [3.05, 3.63) is 51.7 Å². The predicted octanol–water partition coefficient (Wildman–Crippen LogP) is 3.31. The Bertz CT molecular complexity index is 741. The quantitative estimate of drug-likeness (QED) is 0.495. The van der Waals surface area contributed by atoms with Crippen LogP contribution >= 0.6 is 11.3 Å². The molecular weight excluding hydrogens is 286 g/mol. The van der Waals surface area contributed by atoms with Gasteiger partial charge < -0.3 is 9.47 Å². The number of rotatable bonds is 3. The second kappa shape index (κ2) is 5.81. The minimum atomic E-state index is -0.262. The summed E-state index contributed by atoms with van der Waals surface area (Å²) in [6, 6.07) is 10.8. The first-order valence-corrected chi connectivity index (χ1v) is 7.25. The number of benzene rings is 1. The van der Waals surface area contributed by atoms with E-state index in [4.69, 9.17) is 9.47 Å². The van der Waals surface area contributed by atoms with Crippen molar-refractivity contribution in [2.45, 2.75) is 0 Å². The second-order valence-corrected chi connectivity index (χ2v) is 5.33. The van der Waals surface area contributed by atoms with Gasteiger partial charge in [-0.05, 0) is 35.2 Å². The highest BCUT2D eigenvalue weighted by Gasteiger charge is 2.15. The molecule has 0 aliphatic carbocycles. The Morgan fingerprint density at radius 2 is 2.05 bits per heavy atom.